The van der Waals surface area contributed by atoms with Crippen LogP contribution in [0.4, 0.5) is 5.82 Å². The van der Waals surface area contributed by atoms with Crippen LogP contribution in [-0.4, -0.2) is 57.5 Å². The lowest BCUT2D eigenvalue weighted by Gasteiger charge is -2.32. The second kappa shape index (κ2) is 6.44. The van der Waals surface area contributed by atoms with Crippen molar-refractivity contribution in [2.45, 2.75) is 6.10 Å². The Morgan fingerprint density at radius 3 is 2.86 bits per heavy atom. The number of hydrogen-bond acceptors (Lipinski definition) is 7. The number of carbonyl (C=O) groups is 1. The smallest absolute Gasteiger partial charge is 0.274 e. The molecule has 1 unspecified atom stereocenters. The summed E-state index contributed by atoms with van der Waals surface area (Å²) >= 11 is 0. The monoisotopic (exact) mass is 300 g/mol. The van der Waals surface area contributed by atoms with E-state index >= 15 is 0 Å². The van der Waals surface area contributed by atoms with Crippen molar-refractivity contribution >= 4 is 11.7 Å². The van der Waals surface area contributed by atoms with Crippen molar-refractivity contribution in [2.24, 2.45) is 0 Å². The molecule has 8 nitrogen and oxygen atoms in total. The number of aromatic nitrogens is 4. The molecule has 1 aliphatic heterocycles. The molecule has 1 atom stereocenters. The summed E-state index contributed by atoms with van der Waals surface area (Å²) in [5.74, 6) is 0.498. The maximum absolute atomic E-state index is 12.4. The molecule has 3 rings (SSSR count). The fourth-order valence-electron chi connectivity index (χ4n) is 2.35. The number of rotatable bonds is 3. The van der Waals surface area contributed by atoms with Crippen molar-refractivity contribution in [3.05, 3.63) is 42.4 Å². The molecule has 1 N–H and O–H groups in total. The molecule has 1 aliphatic rings. The van der Waals surface area contributed by atoms with Crippen molar-refractivity contribution in [3.8, 4) is 0 Å². The molecule has 1 amide bonds. The number of anilines is 1. The molecular weight excluding hydrogens is 284 g/mol. The Morgan fingerprint density at radius 1 is 1.27 bits per heavy atom. The number of nitrogens with one attached hydrogen (secondary N) is 1. The molecule has 0 radical (unpaired) electrons. The number of nitrogens with zero attached hydrogens (tertiary/aromatic N) is 5. The molecule has 0 aliphatic carbocycles. The third-order valence-electron chi connectivity index (χ3n) is 3.40. The van der Waals surface area contributed by atoms with Crippen LogP contribution in [0.5, 0.6) is 0 Å². The summed E-state index contributed by atoms with van der Waals surface area (Å²) in [7, 11) is 1.78. The third-order valence-corrected chi connectivity index (χ3v) is 3.40. The molecule has 22 heavy (non-hydrogen) atoms. The fourth-order valence-corrected chi connectivity index (χ4v) is 2.35. The Balaban J connectivity index is 1.78. The van der Waals surface area contributed by atoms with Crippen molar-refractivity contribution in [3.63, 3.8) is 0 Å². The van der Waals surface area contributed by atoms with Crippen LogP contribution in [-0.2, 0) is 4.74 Å². The Kier molecular flexibility index (Phi) is 4.19. The van der Waals surface area contributed by atoms with Crippen LogP contribution >= 0.6 is 0 Å². The highest BCUT2D eigenvalue weighted by Crippen LogP contribution is 2.25. The SMILES string of the molecule is CNc1nccnc1C1CN(C(=O)c2cnccn2)CCO1. The number of amides is 1. The van der Waals surface area contributed by atoms with Gasteiger partial charge in [-0.05, 0) is 0 Å². The summed E-state index contributed by atoms with van der Waals surface area (Å²) in [6, 6.07) is 0. The second-order valence-corrected chi connectivity index (χ2v) is 4.74. The first-order chi connectivity index (χ1) is 10.8. The minimum atomic E-state index is -0.314. The maximum Gasteiger partial charge on any atom is 0.274 e. The molecular formula is C14H16N6O2. The lowest BCUT2D eigenvalue weighted by atomic mass is 10.2. The van der Waals surface area contributed by atoms with Gasteiger partial charge in [-0.1, -0.05) is 0 Å². The summed E-state index contributed by atoms with van der Waals surface area (Å²) in [4.78, 5) is 30.7. The van der Waals surface area contributed by atoms with E-state index < -0.39 is 0 Å². The van der Waals surface area contributed by atoms with Crippen LogP contribution in [0.2, 0.25) is 0 Å². The van der Waals surface area contributed by atoms with Crippen LogP contribution in [0.1, 0.15) is 22.3 Å². The van der Waals surface area contributed by atoms with Gasteiger partial charge >= 0.3 is 0 Å². The van der Waals surface area contributed by atoms with E-state index in [9.17, 15) is 4.79 Å². The van der Waals surface area contributed by atoms with E-state index in [-0.39, 0.29) is 12.0 Å². The van der Waals surface area contributed by atoms with Crippen molar-refractivity contribution in [1.29, 1.82) is 0 Å². The van der Waals surface area contributed by atoms with Gasteiger partial charge in [0.1, 0.15) is 23.3 Å². The average molecular weight is 300 g/mol. The van der Waals surface area contributed by atoms with Gasteiger partial charge in [0, 0.05) is 38.4 Å². The molecule has 0 spiro atoms. The highest BCUT2D eigenvalue weighted by Gasteiger charge is 2.29. The molecule has 1 saturated heterocycles. The van der Waals surface area contributed by atoms with Crippen LogP contribution in [0.15, 0.2) is 31.0 Å². The summed E-state index contributed by atoms with van der Waals surface area (Å²) in [5, 5.41) is 2.99. The second-order valence-electron chi connectivity index (χ2n) is 4.74. The minimum absolute atomic E-state index is 0.156. The largest absolute Gasteiger partial charge is 0.372 e. The molecule has 8 heteroatoms. The third kappa shape index (κ3) is 2.86. The molecule has 0 saturated carbocycles. The molecule has 2 aromatic rings. The predicted octanol–water partition coefficient (Wildman–Crippen LogP) is 0.522. The average Bonchev–Trinajstić information content (AvgIpc) is 2.62. The zero-order valence-electron chi connectivity index (χ0n) is 12.1. The van der Waals surface area contributed by atoms with Gasteiger partial charge in [-0.15, -0.1) is 0 Å². The van der Waals surface area contributed by atoms with Gasteiger partial charge in [-0.3, -0.25) is 14.8 Å². The molecule has 2 aromatic heterocycles. The van der Waals surface area contributed by atoms with Gasteiger partial charge in [0.15, 0.2) is 0 Å². The lowest BCUT2D eigenvalue weighted by molar-refractivity contribution is -0.0247. The lowest BCUT2D eigenvalue weighted by Crippen LogP contribution is -2.43. The summed E-state index contributed by atoms with van der Waals surface area (Å²) < 4.78 is 5.75. The first kappa shape index (κ1) is 14.3. The van der Waals surface area contributed by atoms with Crippen LogP contribution < -0.4 is 5.32 Å². The Bertz CT molecular complexity index is 651. The summed E-state index contributed by atoms with van der Waals surface area (Å²) in [6.45, 7) is 1.36. The number of carbonyl (C=O) groups excluding carboxylic acids is 1. The molecule has 114 valence electrons. The van der Waals surface area contributed by atoms with Gasteiger partial charge in [-0.2, -0.15) is 0 Å². The minimum Gasteiger partial charge on any atom is -0.372 e. The van der Waals surface area contributed by atoms with E-state index in [1.54, 1.807) is 24.3 Å². The van der Waals surface area contributed by atoms with Crippen molar-refractivity contribution < 1.29 is 9.53 Å². The van der Waals surface area contributed by atoms with E-state index in [2.05, 4.69) is 25.3 Å². The van der Waals surface area contributed by atoms with E-state index in [0.717, 1.165) is 0 Å². The highest BCUT2D eigenvalue weighted by atomic mass is 16.5. The van der Waals surface area contributed by atoms with Gasteiger partial charge < -0.3 is 15.0 Å². The van der Waals surface area contributed by atoms with E-state index in [0.29, 0.717) is 36.9 Å². The van der Waals surface area contributed by atoms with Crippen LogP contribution in [0, 0.1) is 0 Å². The zero-order valence-corrected chi connectivity index (χ0v) is 12.1. The van der Waals surface area contributed by atoms with Crippen LogP contribution in [0.3, 0.4) is 0 Å². The standard InChI is InChI=1S/C14H16N6O2/c1-15-13-12(18-4-5-19-13)11-9-20(6-7-22-11)14(21)10-8-16-2-3-17-10/h2-5,8,11H,6-7,9H2,1H3,(H,15,19). The number of hydrogen-bond donors (Lipinski definition) is 1. The van der Waals surface area contributed by atoms with Gasteiger partial charge in [0.2, 0.25) is 0 Å². The normalized spacial score (nSPS) is 18.0. The zero-order chi connectivity index (χ0) is 15.4. The van der Waals surface area contributed by atoms with Crippen LogP contribution in [0.25, 0.3) is 0 Å². The first-order valence-corrected chi connectivity index (χ1v) is 6.95. The quantitative estimate of drug-likeness (QED) is 0.883. The van der Waals surface area contributed by atoms with Gasteiger partial charge in [0.05, 0.1) is 19.3 Å². The van der Waals surface area contributed by atoms with Gasteiger partial charge in [-0.25, -0.2) is 9.97 Å². The molecule has 3 heterocycles. The maximum atomic E-state index is 12.4. The Hall–Kier alpha value is -2.61. The Labute approximate surface area is 127 Å². The topological polar surface area (TPSA) is 93.1 Å². The van der Waals surface area contributed by atoms with Crippen molar-refractivity contribution in [2.75, 3.05) is 32.1 Å². The molecule has 1 fully saturated rings. The highest BCUT2D eigenvalue weighted by molar-refractivity contribution is 5.92. The first-order valence-electron chi connectivity index (χ1n) is 6.95. The number of ether oxygens (including phenoxy) is 1. The molecule has 0 bridgehead atoms. The summed E-state index contributed by atoms with van der Waals surface area (Å²) in [6.07, 6.45) is 7.42. The summed E-state index contributed by atoms with van der Waals surface area (Å²) in [5.41, 5.74) is 1.03. The molecule has 0 aromatic carbocycles. The Morgan fingerprint density at radius 2 is 2.09 bits per heavy atom. The fraction of sp³-hybridized carbons (Fsp3) is 0.357. The van der Waals surface area contributed by atoms with Gasteiger partial charge in [0.25, 0.3) is 5.91 Å². The van der Waals surface area contributed by atoms with E-state index in [1.165, 1.54) is 18.6 Å². The van der Waals surface area contributed by atoms with E-state index in [1.807, 2.05) is 0 Å². The van der Waals surface area contributed by atoms with E-state index in [4.69, 9.17) is 4.74 Å². The predicted molar refractivity (Wildman–Crippen MR) is 78.2 cm³/mol. The van der Waals surface area contributed by atoms with Crippen molar-refractivity contribution in [1.82, 2.24) is 24.8 Å². The number of morpholine rings is 1.